The van der Waals surface area contributed by atoms with Crippen molar-refractivity contribution in [3.8, 4) is 0 Å². The fourth-order valence-corrected chi connectivity index (χ4v) is 1.80. The van der Waals surface area contributed by atoms with Gasteiger partial charge in [0.05, 0.1) is 0 Å². The zero-order chi connectivity index (χ0) is 12.0. The van der Waals surface area contributed by atoms with Crippen LogP contribution in [-0.2, 0) is 4.79 Å². The number of halogens is 1. The van der Waals surface area contributed by atoms with E-state index in [0.717, 1.165) is 45.7 Å². The van der Waals surface area contributed by atoms with Crippen LogP contribution in [0, 0.1) is 0 Å². The van der Waals surface area contributed by atoms with E-state index in [2.05, 4.69) is 22.2 Å². The molecule has 1 amide bonds. The van der Waals surface area contributed by atoms with Crippen molar-refractivity contribution in [2.45, 2.75) is 18.7 Å². The number of hydrogen-bond acceptors (Lipinski definition) is 3. The minimum atomic E-state index is -0.427. The molecule has 0 aromatic rings. The molecule has 0 aromatic carbocycles. The number of alkyl halides is 1. The number of rotatable bonds is 5. The third-order valence-electron chi connectivity index (χ3n) is 2.91. The summed E-state index contributed by atoms with van der Waals surface area (Å²) in [5.74, 6) is -0.0694. The Morgan fingerprint density at radius 3 is 2.56 bits per heavy atom. The SMILES string of the molecule is CC(Cl)C(=O)NCCCN1CCN(C)CC1. The van der Waals surface area contributed by atoms with Gasteiger partial charge in [-0.1, -0.05) is 0 Å². The van der Waals surface area contributed by atoms with Gasteiger partial charge >= 0.3 is 0 Å². The topological polar surface area (TPSA) is 35.6 Å². The van der Waals surface area contributed by atoms with Crippen LogP contribution in [0.4, 0.5) is 0 Å². The molecule has 16 heavy (non-hydrogen) atoms. The van der Waals surface area contributed by atoms with Crippen molar-refractivity contribution in [2.24, 2.45) is 0 Å². The second-order valence-corrected chi connectivity index (χ2v) is 5.06. The Morgan fingerprint density at radius 2 is 2.00 bits per heavy atom. The number of carbonyl (C=O) groups is 1. The van der Waals surface area contributed by atoms with Gasteiger partial charge in [0.1, 0.15) is 5.38 Å². The van der Waals surface area contributed by atoms with Crippen LogP contribution in [0.15, 0.2) is 0 Å². The van der Waals surface area contributed by atoms with Crippen LogP contribution < -0.4 is 5.32 Å². The Hall–Kier alpha value is -0.320. The highest BCUT2D eigenvalue weighted by atomic mass is 35.5. The summed E-state index contributed by atoms with van der Waals surface area (Å²) < 4.78 is 0. The highest BCUT2D eigenvalue weighted by molar-refractivity contribution is 6.30. The summed E-state index contributed by atoms with van der Waals surface area (Å²) in [6.07, 6.45) is 0.999. The van der Waals surface area contributed by atoms with E-state index in [9.17, 15) is 4.79 Å². The lowest BCUT2D eigenvalue weighted by atomic mass is 10.3. The second-order valence-electron chi connectivity index (χ2n) is 4.41. The molecule has 0 aliphatic carbocycles. The average molecular weight is 248 g/mol. The van der Waals surface area contributed by atoms with Crippen LogP contribution in [0.1, 0.15) is 13.3 Å². The minimum absolute atomic E-state index is 0.0694. The summed E-state index contributed by atoms with van der Waals surface area (Å²) in [4.78, 5) is 16.0. The molecule has 5 heteroatoms. The summed E-state index contributed by atoms with van der Waals surface area (Å²) in [5.41, 5.74) is 0. The fraction of sp³-hybridized carbons (Fsp3) is 0.909. The first-order valence-electron chi connectivity index (χ1n) is 5.92. The fourth-order valence-electron chi connectivity index (χ4n) is 1.73. The molecular weight excluding hydrogens is 226 g/mol. The molecule has 1 aliphatic heterocycles. The largest absolute Gasteiger partial charge is 0.355 e. The first kappa shape index (κ1) is 13.7. The van der Waals surface area contributed by atoms with Crippen molar-refractivity contribution >= 4 is 17.5 Å². The standard InChI is InChI=1S/C11H22ClN3O/c1-10(12)11(16)13-4-3-5-15-8-6-14(2)7-9-15/h10H,3-9H2,1-2H3,(H,13,16). The van der Waals surface area contributed by atoms with Crippen LogP contribution in [0.3, 0.4) is 0 Å². The van der Waals surface area contributed by atoms with Crippen LogP contribution in [0.25, 0.3) is 0 Å². The molecule has 1 rings (SSSR count). The number of nitrogens with zero attached hydrogens (tertiary/aromatic N) is 2. The summed E-state index contributed by atoms with van der Waals surface area (Å²) >= 11 is 5.64. The Labute approximate surface area is 103 Å². The Morgan fingerprint density at radius 1 is 1.38 bits per heavy atom. The molecular formula is C11H22ClN3O. The van der Waals surface area contributed by atoms with Gasteiger partial charge in [0.25, 0.3) is 0 Å². The molecule has 1 unspecified atom stereocenters. The van der Waals surface area contributed by atoms with Crippen molar-refractivity contribution in [2.75, 3.05) is 46.3 Å². The van der Waals surface area contributed by atoms with E-state index in [4.69, 9.17) is 11.6 Å². The first-order chi connectivity index (χ1) is 7.59. The van der Waals surface area contributed by atoms with Crippen LogP contribution in [-0.4, -0.2) is 67.4 Å². The van der Waals surface area contributed by atoms with E-state index in [0.29, 0.717) is 0 Å². The van der Waals surface area contributed by atoms with Crippen molar-refractivity contribution in [3.05, 3.63) is 0 Å². The van der Waals surface area contributed by atoms with E-state index in [1.165, 1.54) is 0 Å². The molecule has 1 aliphatic rings. The zero-order valence-corrected chi connectivity index (χ0v) is 11.0. The lowest BCUT2D eigenvalue weighted by Gasteiger charge is -2.32. The number of carbonyl (C=O) groups excluding carboxylic acids is 1. The van der Waals surface area contributed by atoms with Crippen molar-refractivity contribution in [1.29, 1.82) is 0 Å². The quantitative estimate of drug-likeness (QED) is 0.563. The minimum Gasteiger partial charge on any atom is -0.355 e. The molecule has 0 radical (unpaired) electrons. The van der Waals surface area contributed by atoms with Gasteiger partial charge < -0.3 is 15.1 Å². The maximum Gasteiger partial charge on any atom is 0.237 e. The molecule has 0 bridgehead atoms. The lowest BCUT2D eigenvalue weighted by molar-refractivity contribution is -0.120. The van der Waals surface area contributed by atoms with E-state index in [-0.39, 0.29) is 5.91 Å². The van der Waals surface area contributed by atoms with Gasteiger partial charge in [-0.25, -0.2) is 0 Å². The van der Waals surface area contributed by atoms with E-state index in [1.807, 2.05) is 0 Å². The zero-order valence-electron chi connectivity index (χ0n) is 10.2. The molecule has 94 valence electrons. The number of piperazine rings is 1. The van der Waals surface area contributed by atoms with Gasteiger partial charge in [0, 0.05) is 32.7 Å². The van der Waals surface area contributed by atoms with Gasteiger partial charge in [0.15, 0.2) is 0 Å². The smallest absolute Gasteiger partial charge is 0.237 e. The van der Waals surface area contributed by atoms with Crippen molar-refractivity contribution in [1.82, 2.24) is 15.1 Å². The summed E-state index contributed by atoms with van der Waals surface area (Å²) in [7, 11) is 2.15. The van der Waals surface area contributed by atoms with Gasteiger partial charge in [-0.3, -0.25) is 4.79 Å². The van der Waals surface area contributed by atoms with E-state index in [1.54, 1.807) is 6.92 Å². The third-order valence-corrected chi connectivity index (χ3v) is 3.11. The molecule has 4 nitrogen and oxygen atoms in total. The van der Waals surface area contributed by atoms with Gasteiger partial charge in [-0.15, -0.1) is 11.6 Å². The molecule has 1 saturated heterocycles. The summed E-state index contributed by atoms with van der Waals surface area (Å²) in [6.45, 7) is 8.03. The monoisotopic (exact) mass is 247 g/mol. The molecule has 0 spiro atoms. The average Bonchev–Trinajstić information content (AvgIpc) is 2.26. The number of amides is 1. The summed E-state index contributed by atoms with van der Waals surface area (Å²) in [5, 5.41) is 2.40. The number of nitrogens with one attached hydrogen (secondary N) is 1. The normalized spacial score (nSPS) is 20.7. The first-order valence-corrected chi connectivity index (χ1v) is 6.36. The maximum absolute atomic E-state index is 11.2. The predicted octanol–water partition coefficient (Wildman–Crippen LogP) is 0.367. The third kappa shape index (κ3) is 5.14. The lowest BCUT2D eigenvalue weighted by Crippen LogP contribution is -2.45. The van der Waals surface area contributed by atoms with E-state index < -0.39 is 5.38 Å². The number of likely N-dealkylation sites (N-methyl/N-ethyl adjacent to an activating group) is 1. The molecule has 1 fully saturated rings. The van der Waals surface area contributed by atoms with Crippen molar-refractivity contribution in [3.63, 3.8) is 0 Å². The van der Waals surface area contributed by atoms with Gasteiger partial charge in [-0.05, 0) is 26.9 Å². The Kier molecular flexibility index (Phi) is 6.09. The Balaban J connectivity index is 2.01. The van der Waals surface area contributed by atoms with Crippen LogP contribution in [0.5, 0.6) is 0 Å². The summed E-state index contributed by atoms with van der Waals surface area (Å²) in [6, 6.07) is 0. The second kappa shape index (κ2) is 7.09. The molecule has 0 saturated carbocycles. The Bertz CT molecular complexity index is 215. The predicted molar refractivity (Wildman–Crippen MR) is 66.9 cm³/mol. The van der Waals surface area contributed by atoms with E-state index >= 15 is 0 Å². The molecule has 0 aromatic heterocycles. The van der Waals surface area contributed by atoms with Crippen molar-refractivity contribution < 1.29 is 4.79 Å². The number of hydrogen-bond donors (Lipinski definition) is 1. The maximum atomic E-state index is 11.2. The van der Waals surface area contributed by atoms with Gasteiger partial charge in [-0.2, -0.15) is 0 Å². The molecule has 1 heterocycles. The van der Waals surface area contributed by atoms with Crippen LogP contribution >= 0.6 is 11.6 Å². The highest BCUT2D eigenvalue weighted by Crippen LogP contribution is 1.99. The molecule has 1 N–H and O–H groups in total. The van der Waals surface area contributed by atoms with Gasteiger partial charge in [0.2, 0.25) is 5.91 Å². The molecule has 1 atom stereocenters. The van der Waals surface area contributed by atoms with Crippen LogP contribution in [0.2, 0.25) is 0 Å². The highest BCUT2D eigenvalue weighted by Gasteiger charge is 2.13.